The van der Waals surface area contributed by atoms with Crippen molar-refractivity contribution in [2.45, 2.75) is 6.42 Å². The molecule has 0 aliphatic carbocycles. The van der Waals surface area contributed by atoms with Crippen LogP contribution in [0.15, 0.2) is 18.2 Å². The first-order valence-electron chi connectivity index (χ1n) is 4.29. The van der Waals surface area contributed by atoms with Crippen molar-refractivity contribution in [2.24, 2.45) is 0 Å². The molecule has 2 N–H and O–H groups in total. The molecule has 0 aliphatic heterocycles. The van der Waals surface area contributed by atoms with Crippen LogP contribution in [-0.4, -0.2) is 25.8 Å². The van der Waals surface area contributed by atoms with E-state index in [1.165, 1.54) is 0 Å². The monoisotopic (exact) mass is 181 g/mol. The predicted octanol–water partition coefficient (Wildman–Crippen LogP) is 1.16. The van der Waals surface area contributed by atoms with Gasteiger partial charge in [-0.1, -0.05) is 6.07 Å². The van der Waals surface area contributed by atoms with Gasteiger partial charge in [-0.3, -0.25) is 0 Å². The lowest BCUT2D eigenvalue weighted by atomic mass is 10.1. The summed E-state index contributed by atoms with van der Waals surface area (Å²) < 4.78 is 5.14. The van der Waals surface area contributed by atoms with Crippen molar-refractivity contribution in [1.29, 1.82) is 0 Å². The zero-order valence-electron chi connectivity index (χ0n) is 8.00. The fourth-order valence-corrected chi connectivity index (χ4v) is 1.25. The maximum Gasteiger partial charge on any atom is 0.125 e. The Morgan fingerprint density at radius 2 is 2.23 bits per heavy atom. The van der Waals surface area contributed by atoms with Crippen LogP contribution in [0, 0.1) is 0 Å². The van der Waals surface area contributed by atoms with Gasteiger partial charge in [0.05, 0.1) is 7.11 Å². The molecule has 0 unspecified atom stereocenters. The number of ether oxygens (including phenoxy) is 1. The maximum absolute atomic E-state index is 9.54. The highest BCUT2D eigenvalue weighted by Gasteiger charge is 2.06. The lowest BCUT2D eigenvalue weighted by molar-refractivity contribution is 0.399. The van der Waals surface area contributed by atoms with Gasteiger partial charge in [0.1, 0.15) is 11.5 Å². The number of phenols is 1. The quantitative estimate of drug-likeness (QED) is 0.732. The fraction of sp³-hybridized carbons (Fsp3) is 0.400. The third kappa shape index (κ3) is 2.36. The van der Waals surface area contributed by atoms with Crippen molar-refractivity contribution >= 4 is 0 Å². The number of likely N-dealkylation sites (N-methyl/N-ethyl adjacent to an activating group) is 1. The molecule has 0 saturated carbocycles. The molecular weight excluding hydrogens is 166 g/mol. The summed E-state index contributed by atoms with van der Waals surface area (Å²) in [6.07, 6.45) is 0.770. The Morgan fingerprint density at radius 1 is 1.46 bits per heavy atom. The molecule has 72 valence electrons. The molecule has 13 heavy (non-hydrogen) atoms. The van der Waals surface area contributed by atoms with Gasteiger partial charge in [-0.2, -0.15) is 0 Å². The van der Waals surface area contributed by atoms with Crippen molar-refractivity contribution in [2.75, 3.05) is 20.7 Å². The van der Waals surface area contributed by atoms with Gasteiger partial charge in [-0.25, -0.2) is 0 Å². The molecular formula is C10H15NO2. The van der Waals surface area contributed by atoms with Gasteiger partial charge < -0.3 is 15.2 Å². The Bertz CT molecular complexity index is 274. The van der Waals surface area contributed by atoms with E-state index in [1.54, 1.807) is 19.2 Å². The van der Waals surface area contributed by atoms with Crippen LogP contribution in [0.5, 0.6) is 11.5 Å². The van der Waals surface area contributed by atoms with Crippen molar-refractivity contribution in [3.63, 3.8) is 0 Å². The summed E-state index contributed by atoms with van der Waals surface area (Å²) in [4.78, 5) is 0. The number of phenolic OH excluding ortho intramolecular Hbond substituents is 1. The molecule has 0 saturated heterocycles. The summed E-state index contributed by atoms with van der Waals surface area (Å²) in [5.41, 5.74) is 0.861. The number of methoxy groups -OCH3 is 1. The summed E-state index contributed by atoms with van der Waals surface area (Å²) in [5.74, 6) is 1.05. The molecule has 1 aromatic carbocycles. The Kier molecular flexibility index (Phi) is 3.58. The summed E-state index contributed by atoms with van der Waals surface area (Å²) in [6, 6.07) is 5.30. The van der Waals surface area contributed by atoms with Crippen LogP contribution in [0.2, 0.25) is 0 Å². The minimum Gasteiger partial charge on any atom is -0.508 e. The highest BCUT2D eigenvalue weighted by Crippen LogP contribution is 2.27. The third-order valence-corrected chi connectivity index (χ3v) is 1.95. The minimum absolute atomic E-state index is 0.301. The average molecular weight is 181 g/mol. The third-order valence-electron chi connectivity index (χ3n) is 1.95. The topological polar surface area (TPSA) is 41.5 Å². The SMILES string of the molecule is CNCCc1c(O)cccc1OC. The number of benzene rings is 1. The summed E-state index contributed by atoms with van der Waals surface area (Å²) >= 11 is 0. The standard InChI is InChI=1S/C10H15NO2/c1-11-7-6-8-9(12)4-3-5-10(8)13-2/h3-5,11-12H,6-7H2,1-2H3. The second-order valence-corrected chi connectivity index (χ2v) is 2.81. The molecule has 0 fully saturated rings. The number of nitrogens with one attached hydrogen (secondary N) is 1. The fourth-order valence-electron chi connectivity index (χ4n) is 1.25. The van der Waals surface area contributed by atoms with E-state index in [4.69, 9.17) is 4.74 Å². The number of hydrogen-bond donors (Lipinski definition) is 2. The molecule has 0 aliphatic rings. The number of rotatable bonds is 4. The van der Waals surface area contributed by atoms with Crippen LogP contribution in [0.3, 0.4) is 0 Å². The van der Waals surface area contributed by atoms with Crippen molar-refractivity contribution < 1.29 is 9.84 Å². The van der Waals surface area contributed by atoms with E-state index in [-0.39, 0.29) is 0 Å². The number of hydrogen-bond acceptors (Lipinski definition) is 3. The molecule has 3 heteroatoms. The number of aromatic hydroxyl groups is 1. The second kappa shape index (κ2) is 4.72. The largest absolute Gasteiger partial charge is 0.508 e. The van der Waals surface area contributed by atoms with Crippen LogP contribution in [0.1, 0.15) is 5.56 Å². The van der Waals surface area contributed by atoms with Gasteiger partial charge in [0.25, 0.3) is 0 Å². The van der Waals surface area contributed by atoms with E-state index in [1.807, 2.05) is 13.1 Å². The van der Waals surface area contributed by atoms with Gasteiger partial charge in [0.2, 0.25) is 0 Å². The molecule has 1 aromatic rings. The lowest BCUT2D eigenvalue weighted by Gasteiger charge is -2.09. The summed E-state index contributed by atoms with van der Waals surface area (Å²) in [6.45, 7) is 0.827. The van der Waals surface area contributed by atoms with E-state index >= 15 is 0 Å². The van der Waals surface area contributed by atoms with Gasteiger partial charge >= 0.3 is 0 Å². The van der Waals surface area contributed by atoms with E-state index in [2.05, 4.69) is 5.32 Å². The smallest absolute Gasteiger partial charge is 0.125 e. The second-order valence-electron chi connectivity index (χ2n) is 2.81. The van der Waals surface area contributed by atoms with E-state index in [9.17, 15) is 5.11 Å². The molecule has 0 spiro atoms. The van der Waals surface area contributed by atoms with Crippen LogP contribution >= 0.6 is 0 Å². The molecule has 0 heterocycles. The van der Waals surface area contributed by atoms with E-state index in [0.29, 0.717) is 5.75 Å². The van der Waals surface area contributed by atoms with Gasteiger partial charge in [-0.15, -0.1) is 0 Å². The zero-order chi connectivity index (χ0) is 9.68. The normalized spacial score (nSPS) is 10.0. The summed E-state index contributed by atoms with van der Waals surface area (Å²) in [5, 5.41) is 12.6. The van der Waals surface area contributed by atoms with Gasteiger partial charge in [0.15, 0.2) is 0 Å². The maximum atomic E-state index is 9.54. The van der Waals surface area contributed by atoms with Gasteiger partial charge in [0, 0.05) is 5.56 Å². The van der Waals surface area contributed by atoms with Crippen LogP contribution < -0.4 is 10.1 Å². The van der Waals surface area contributed by atoms with Crippen LogP contribution in [0.25, 0.3) is 0 Å². The molecule has 1 rings (SSSR count). The highest BCUT2D eigenvalue weighted by molar-refractivity contribution is 5.43. The Balaban J connectivity index is 2.87. The van der Waals surface area contributed by atoms with Crippen LogP contribution in [-0.2, 0) is 6.42 Å². The molecule has 0 bridgehead atoms. The Labute approximate surface area is 78.3 Å². The minimum atomic E-state index is 0.301. The Morgan fingerprint density at radius 3 is 2.85 bits per heavy atom. The molecule has 0 atom stereocenters. The first-order valence-corrected chi connectivity index (χ1v) is 4.29. The van der Waals surface area contributed by atoms with Crippen molar-refractivity contribution in [3.05, 3.63) is 23.8 Å². The highest BCUT2D eigenvalue weighted by atomic mass is 16.5. The van der Waals surface area contributed by atoms with Gasteiger partial charge in [-0.05, 0) is 32.1 Å². The lowest BCUT2D eigenvalue weighted by Crippen LogP contribution is -2.11. The van der Waals surface area contributed by atoms with Crippen molar-refractivity contribution in [3.8, 4) is 11.5 Å². The zero-order valence-corrected chi connectivity index (χ0v) is 8.00. The first-order chi connectivity index (χ1) is 6.29. The van der Waals surface area contributed by atoms with E-state index < -0.39 is 0 Å². The molecule has 3 nitrogen and oxygen atoms in total. The van der Waals surface area contributed by atoms with Crippen molar-refractivity contribution in [1.82, 2.24) is 5.32 Å². The Hall–Kier alpha value is -1.22. The van der Waals surface area contributed by atoms with E-state index in [0.717, 1.165) is 24.3 Å². The molecule has 0 radical (unpaired) electrons. The predicted molar refractivity (Wildman–Crippen MR) is 52.3 cm³/mol. The summed E-state index contributed by atoms with van der Waals surface area (Å²) in [7, 11) is 3.49. The molecule has 0 aromatic heterocycles. The van der Waals surface area contributed by atoms with Crippen LogP contribution in [0.4, 0.5) is 0 Å². The average Bonchev–Trinajstić information content (AvgIpc) is 2.15. The first kappa shape index (κ1) is 9.86. The molecule has 0 amide bonds.